The molecule has 2 amide bonds. The molecule has 39 heavy (non-hydrogen) atoms. The number of nitrogens with two attached hydrogens (primary N) is 1. The number of ether oxygens (including phenoxy) is 1. The van der Waals surface area contributed by atoms with Crippen molar-refractivity contribution in [3.05, 3.63) is 69.7 Å². The predicted molar refractivity (Wildman–Crippen MR) is 154 cm³/mol. The number of benzene rings is 2. The van der Waals surface area contributed by atoms with E-state index in [2.05, 4.69) is 9.80 Å². The lowest BCUT2D eigenvalue weighted by Gasteiger charge is -2.49. The van der Waals surface area contributed by atoms with Crippen LogP contribution in [0.5, 0.6) is 0 Å². The minimum atomic E-state index is -0.720. The second kappa shape index (κ2) is 12.1. The predicted octanol–water partition coefficient (Wildman–Crippen LogP) is 4.56. The fraction of sp³-hybridized carbons (Fsp3) is 0.533. The van der Waals surface area contributed by atoms with Gasteiger partial charge in [0, 0.05) is 31.7 Å². The van der Waals surface area contributed by atoms with Crippen molar-refractivity contribution in [2.75, 3.05) is 52.4 Å². The number of carbonyl (C=O) groups excluding carboxylic acids is 2. The summed E-state index contributed by atoms with van der Waals surface area (Å²) in [5.74, 6) is -0.198. The van der Waals surface area contributed by atoms with Crippen LogP contribution in [-0.4, -0.2) is 84.5 Å². The summed E-state index contributed by atoms with van der Waals surface area (Å²) in [6, 6.07) is 15.0. The van der Waals surface area contributed by atoms with Gasteiger partial charge in [-0.2, -0.15) is 0 Å². The van der Waals surface area contributed by atoms with Gasteiger partial charge in [0.25, 0.3) is 5.91 Å². The van der Waals surface area contributed by atoms with Crippen LogP contribution < -0.4 is 5.73 Å². The monoisotopic (exact) mass is 572 g/mol. The Morgan fingerprint density at radius 1 is 0.897 bits per heavy atom. The van der Waals surface area contributed by atoms with E-state index in [1.807, 2.05) is 47.4 Å². The Hall–Kier alpha value is -2.16. The SMILES string of the molecule is NC(=O)C1(N2CCCCC2)CCN(CCC2(c3ccc(Cl)c(Cl)c3)CN(C(=O)c3ccccc3)CCO2)CC1. The molecule has 9 heteroatoms. The number of carbonyl (C=O) groups is 2. The van der Waals surface area contributed by atoms with Crippen LogP contribution in [0.1, 0.15) is 54.4 Å². The van der Waals surface area contributed by atoms with E-state index in [1.165, 1.54) is 6.42 Å². The van der Waals surface area contributed by atoms with Crippen LogP contribution in [0.3, 0.4) is 0 Å². The normalized spacial score (nSPS) is 24.4. The first-order valence-electron chi connectivity index (χ1n) is 14.0. The summed E-state index contributed by atoms with van der Waals surface area (Å²) in [4.78, 5) is 32.7. The van der Waals surface area contributed by atoms with E-state index in [4.69, 9.17) is 33.7 Å². The second-order valence-corrected chi connectivity index (χ2v) is 11.9. The highest BCUT2D eigenvalue weighted by atomic mass is 35.5. The molecule has 0 saturated carbocycles. The molecule has 5 rings (SSSR count). The third-order valence-corrected chi connectivity index (χ3v) is 9.61. The summed E-state index contributed by atoms with van der Waals surface area (Å²) in [5.41, 5.74) is 6.32. The number of morpholine rings is 1. The molecule has 3 saturated heterocycles. The Bertz CT molecular complexity index is 1170. The number of amides is 2. The third kappa shape index (κ3) is 5.98. The molecule has 3 heterocycles. The molecular formula is C30H38Cl2N4O3. The smallest absolute Gasteiger partial charge is 0.254 e. The van der Waals surface area contributed by atoms with Gasteiger partial charge >= 0.3 is 0 Å². The zero-order chi connectivity index (χ0) is 27.5. The van der Waals surface area contributed by atoms with Gasteiger partial charge in [0.15, 0.2) is 0 Å². The zero-order valence-corrected chi connectivity index (χ0v) is 23.9. The van der Waals surface area contributed by atoms with Crippen molar-refractivity contribution in [3.63, 3.8) is 0 Å². The largest absolute Gasteiger partial charge is 0.368 e. The standard InChI is InChI=1S/C30H38Cl2N4O3/c31-25-10-9-24(21-26(25)32)30(22-35(19-20-39-30)27(37)23-7-3-1-4-8-23)13-18-34-16-11-29(12-17-34,28(33)38)36-14-5-2-6-15-36/h1,3-4,7-10,21H,2,5-6,11-20,22H2,(H2,33,38). The van der Waals surface area contributed by atoms with Crippen LogP contribution in [0, 0.1) is 0 Å². The summed E-state index contributed by atoms with van der Waals surface area (Å²) in [7, 11) is 0. The van der Waals surface area contributed by atoms with E-state index in [9.17, 15) is 9.59 Å². The fourth-order valence-electron chi connectivity index (χ4n) is 6.50. The highest BCUT2D eigenvalue weighted by Crippen LogP contribution is 2.38. The first-order valence-corrected chi connectivity index (χ1v) is 14.8. The Morgan fingerprint density at radius 2 is 1.62 bits per heavy atom. The molecule has 2 N–H and O–H groups in total. The molecule has 0 bridgehead atoms. The van der Waals surface area contributed by atoms with E-state index in [0.717, 1.165) is 64.0 Å². The lowest BCUT2D eigenvalue weighted by molar-refractivity contribution is -0.136. The molecule has 1 atom stereocenters. The van der Waals surface area contributed by atoms with Crippen LogP contribution in [0.15, 0.2) is 48.5 Å². The molecule has 2 aromatic rings. The number of halogens is 2. The van der Waals surface area contributed by atoms with Gasteiger partial charge in [-0.15, -0.1) is 0 Å². The minimum Gasteiger partial charge on any atom is -0.368 e. The van der Waals surface area contributed by atoms with Crippen molar-refractivity contribution < 1.29 is 14.3 Å². The molecule has 3 aliphatic rings. The Labute approximate surface area is 241 Å². The van der Waals surface area contributed by atoms with Gasteiger partial charge in [-0.1, -0.05) is 53.9 Å². The number of hydrogen-bond acceptors (Lipinski definition) is 5. The van der Waals surface area contributed by atoms with Crippen molar-refractivity contribution in [3.8, 4) is 0 Å². The average molecular weight is 574 g/mol. The Kier molecular flexibility index (Phi) is 8.84. The van der Waals surface area contributed by atoms with Crippen LogP contribution in [-0.2, 0) is 15.1 Å². The second-order valence-electron chi connectivity index (χ2n) is 11.1. The highest BCUT2D eigenvalue weighted by Gasteiger charge is 2.46. The van der Waals surface area contributed by atoms with E-state index >= 15 is 0 Å². The number of piperidine rings is 2. The molecule has 0 aliphatic carbocycles. The number of rotatable bonds is 7. The lowest BCUT2D eigenvalue weighted by Crippen LogP contribution is -2.63. The Morgan fingerprint density at radius 3 is 2.28 bits per heavy atom. The molecule has 0 radical (unpaired) electrons. The number of hydrogen-bond donors (Lipinski definition) is 1. The maximum Gasteiger partial charge on any atom is 0.254 e. The number of primary amides is 1. The van der Waals surface area contributed by atoms with Gasteiger partial charge in [0.1, 0.15) is 11.1 Å². The summed E-state index contributed by atoms with van der Waals surface area (Å²) in [6.07, 6.45) is 5.62. The minimum absolute atomic E-state index is 0.00548. The van der Waals surface area contributed by atoms with Gasteiger partial charge in [-0.05, 0) is 75.0 Å². The average Bonchev–Trinajstić information content (AvgIpc) is 2.98. The molecule has 3 fully saturated rings. The van der Waals surface area contributed by atoms with Crippen molar-refractivity contribution in [2.24, 2.45) is 5.73 Å². The molecule has 1 unspecified atom stereocenters. The van der Waals surface area contributed by atoms with Crippen LogP contribution in [0.4, 0.5) is 0 Å². The van der Waals surface area contributed by atoms with Gasteiger partial charge in [-0.25, -0.2) is 0 Å². The highest BCUT2D eigenvalue weighted by molar-refractivity contribution is 6.42. The topological polar surface area (TPSA) is 79.1 Å². The van der Waals surface area contributed by atoms with Crippen molar-refractivity contribution in [1.29, 1.82) is 0 Å². The summed E-state index contributed by atoms with van der Waals surface area (Å²) < 4.78 is 6.52. The van der Waals surface area contributed by atoms with E-state index in [1.54, 1.807) is 6.07 Å². The van der Waals surface area contributed by atoms with Gasteiger partial charge in [0.2, 0.25) is 5.91 Å². The van der Waals surface area contributed by atoms with Gasteiger partial charge in [-0.3, -0.25) is 14.5 Å². The Balaban J connectivity index is 1.33. The quantitative estimate of drug-likeness (QED) is 0.526. The molecule has 3 aliphatic heterocycles. The van der Waals surface area contributed by atoms with Crippen molar-refractivity contribution >= 4 is 35.0 Å². The van der Waals surface area contributed by atoms with Crippen LogP contribution in [0.2, 0.25) is 10.0 Å². The molecule has 210 valence electrons. The van der Waals surface area contributed by atoms with Gasteiger partial charge < -0.3 is 20.3 Å². The fourth-order valence-corrected chi connectivity index (χ4v) is 6.79. The summed E-state index contributed by atoms with van der Waals surface area (Å²) in [5, 5.41) is 0.953. The van der Waals surface area contributed by atoms with E-state index in [-0.39, 0.29) is 11.8 Å². The molecule has 0 aromatic heterocycles. The third-order valence-electron chi connectivity index (χ3n) is 8.87. The van der Waals surface area contributed by atoms with Crippen LogP contribution >= 0.6 is 23.2 Å². The maximum absolute atomic E-state index is 13.4. The summed E-state index contributed by atoms with van der Waals surface area (Å²) in [6.45, 7) is 5.63. The molecule has 2 aromatic carbocycles. The first kappa shape index (κ1) is 28.4. The zero-order valence-electron chi connectivity index (χ0n) is 22.4. The lowest BCUT2D eigenvalue weighted by atomic mass is 9.82. The van der Waals surface area contributed by atoms with E-state index < -0.39 is 11.1 Å². The number of likely N-dealkylation sites (tertiary alicyclic amines) is 2. The molecule has 7 nitrogen and oxygen atoms in total. The first-order chi connectivity index (χ1) is 18.8. The maximum atomic E-state index is 13.4. The molecule has 0 spiro atoms. The van der Waals surface area contributed by atoms with Crippen molar-refractivity contribution in [2.45, 2.75) is 49.7 Å². The molecular weight excluding hydrogens is 535 g/mol. The summed E-state index contributed by atoms with van der Waals surface area (Å²) >= 11 is 12.7. The van der Waals surface area contributed by atoms with Crippen LogP contribution in [0.25, 0.3) is 0 Å². The van der Waals surface area contributed by atoms with Gasteiger partial charge in [0.05, 0.1) is 23.2 Å². The van der Waals surface area contributed by atoms with E-state index in [0.29, 0.717) is 41.7 Å². The number of nitrogens with zero attached hydrogens (tertiary/aromatic N) is 3. The van der Waals surface area contributed by atoms with Crippen molar-refractivity contribution in [1.82, 2.24) is 14.7 Å².